The molecule has 0 atom stereocenters. The molecule has 1 aliphatic heterocycles. The second-order valence-corrected chi connectivity index (χ2v) is 6.99. The highest BCUT2D eigenvalue weighted by molar-refractivity contribution is 8.22. The number of rotatable bonds is 5. The van der Waals surface area contributed by atoms with Crippen LogP contribution in [0.1, 0.15) is 12.0 Å². The summed E-state index contributed by atoms with van der Waals surface area (Å²) >= 11 is 6.99. The van der Waals surface area contributed by atoms with Crippen molar-refractivity contribution in [1.82, 2.24) is 9.80 Å². The largest absolute Gasteiger partial charge is 0.354 e. The highest BCUT2D eigenvalue weighted by atomic mass is 35.5. The van der Waals surface area contributed by atoms with Gasteiger partial charge in [0.05, 0.1) is 4.92 Å². The molecule has 138 valence electrons. The van der Waals surface area contributed by atoms with E-state index < -0.39 is 4.92 Å². The molecular weight excluding hydrogens is 384 g/mol. The van der Waals surface area contributed by atoms with Crippen molar-refractivity contribution in [1.29, 1.82) is 0 Å². The molecule has 1 amide bonds. The van der Waals surface area contributed by atoms with Crippen molar-refractivity contribution in [2.24, 2.45) is 5.73 Å². The van der Waals surface area contributed by atoms with Gasteiger partial charge in [-0.3, -0.25) is 14.9 Å². The van der Waals surface area contributed by atoms with Gasteiger partial charge in [0.15, 0.2) is 0 Å². The number of non-ortho nitro benzene ring substituents is 1. The third-order valence-corrected chi connectivity index (χ3v) is 5.35. The predicted molar refractivity (Wildman–Crippen MR) is 106 cm³/mol. The fourth-order valence-electron chi connectivity index (χ4n) is 2.37. The van der Waals surface area contributed by atoms with Crippen LogP contribution in [0.5, 0.6) is 0 Å². The molecule has 2 rings (SSSR count). The van der Waals surface area contributed by atoms with Crippen molar-refractivity contribution in [3.8, 4) is 0 Å². The van der Waals surface area contributed by atoms with Gasteiger partial charge in [-0.2, -0.15) is 0 Å². The van der Waals surface area contributed by atoms with Crippen LogP contribution in [-0.4, -0.2) is 57.7 Å². The zero-order chi connectivity index (χ0) is 17.5. The van der Waals surface area contributed by atoms with Gasteiger partial charge in [-0.25, -0.2) is 0 Å². The normalized spacial score (nSPS) is 14.0. The molecule has 25 heavy (non-hydrogen) atoms. The van der Waals surface area contributed by atoms with E-state index in [1.54, 1.807) is 12.1 Å². The molecule has 0 radical (unpaired) electrons. The number of hydrogen-bond donors (Lipinski definition) is 1. The number of nitro benzene ring substituents is 1. The number of nitrogens with two attached hydrogens (primary N) is 1. The van der Waals surface area contributed by atoms with Crippen LogP contribution in [-0.2, 0) is 10.5 Å². The fourth-order valence-corrected chi connectivity index (χ4v) is 3.58. The molecule has 0 unspecified atom stereocenters. The van der Waals surface area contributed by atoms with Crippen LogP contribution in [0.25, 0.3) is 0 Å². The Morgan fingerprint density at radius 2 is 1.76 bits per heavy atom. The molecular formula is C15H21ClN4O3S2. The Bertz CT molecular complexity index is 607. The average Bonchev–Trinajstić information content (AvgIpc) is 2.60. The summed E-state index contributed by atoms with van der Waals surface area (Å²) in [6.07, 6.45) is 0.388. The lowest BCUT2D eigenvalue weighted by Gasteiger charge is -2.36. The van der Waals surface area contributed by atoms with Gasteiger partial charge in [0.25, 0.3) is 5.69 Å². The molecule has 10 heteroatoms. The summed E-state index contributed by atoms with van der Waals surface area (Å²) in [6.45, 7) is 3.15. The van der Waals surface area contributed by atoms with Crippen LogP contribution >= 0.6 is 36.4 Å². The van der Waals surface area contributed by atoms with E-state index in [0.29, 0.717) is 31.8 Å². The minimum absolute atomic E-state index is 0. The fraction of sp³-hybridized carbons (Fsp3) is 0.467. The molecule has 1 aliphatic rings. The van der Waals surface area contributed by atoms with Gasteiger partial charge >= 0.3 is 0 Å². The lowest BCUT2D eigenvalue weighted by Crippen LogP contribution is -2.49. The minimum Gasteiger partial charge on any atom is -0.354 e. The Morgan fingerprint density at radius 3 is 2.28 bits per heavy atom. The van der Waals surface area contributed by atoms with E-state index in [-0.39, 0.29) is 24.0 Å². The number of halogens is 1. The van der Waals surface area contributed by atoms with E-state index in [1.807, 2.05) is 4.90 Å². The molecule has 1 aromatic carbocycles. The summed E-state index contributed by atoms with van der Waals surface area (Å²) in [4.78, 5) is 26.0. The molecule has 1 aromatic rings. The summed E-state index contributed by atoms with van der Waals surface area (Å²) in [6, 6.07) is 6.50. The standard InChI is InChI=1S/C15H20N4O3S2.ClH/c16-6-5-14(20)17-7-9-18(10-8-17)15(23)24-11-12-1-3-13(4-2-12)19(21)22;/h1-4H,5-11,16H2;1H. The number of carbonyl (C=O) groups is 1. The second kappa shape index (κ2) is 10.5. The number of benzene rings is 1. The van der Waals surface area contributed by atoms with Crippen LogP contribution in [0.4, 0.5) is 5.69 Å². The highest BCUT2D eigenvalue weighted by Crippen LogP contribution is 2.20. The van der Waals surface area contributed by atoms with E-state index in [0.717, 1.165) is 23.0 Å². The molecule has 7 nitrogen and oxygen atoms in total. The maximum atomic E-state index is 11.8. The zero-order valence-electron chi connectivity index (χ0n) is 13.6. The molecule has 2 N–H and O–H groups in total. The van der Waals surface area contributed by atoms with Gasteiger partial charge in [0.2, 0.25) is 5.91 Å². The predicted octanol–water partition coefficient (Wildman–Crippen LogP) is 2.03. The molecule has 0 aliphatic carbocycles. The summed E-state index contributed by atoms with van der Waals surface area (Å²) < 4.78 is 0.791. The van der Waals surface area contributed by atoms with Crippen molar-refractivity contribution in [2.75, 3.05) is 32.7 Å². The van der Waals surface area contributed by atoms with E-state index in [2.05, 4.69) is 4.90 Å². The molecule has 0 aromatic heterocycles. The maximum absolute atomic E-state index is 11.8. The van der Waals surface area contributed by atoms with Gasteiger partial charge < -0.3 is 15.5 Å². The van der Waals surface area contributed by atoms with Gasteiger partial charge in [-0.05, 0) is 5.56 Å². The molecule has 0 spiro atoms. The Balaban J connectivity index is 0.00000312. The Labute approximate surface area is 162 Å². The van der Waals surface area contributed by atoms with Crippen molar-refractivity contribution >= 4 is 52.3 Å². The lowest BCUT2D eigenvalue weighted by atomic mass is 10.2. The molecule has 0 bridgehead atoms. The molecule has 1 heterocycles. The Morgan fingerprint density at radius 1 is 1.20 bits per heavy atom. The van der Waals surface area contributed by atoms with Gasteiger partial charge in [-0.1, -0.05) is 36.1 Å². The quantitative estimate of drug-likeness (QED) is 0.456. The van der Waals surface area contributed by atoms with Crippen LogP contribution < -0.4 is 5.73 Å². The number of amides is 1. The van der Waals surface area contributed by atoms with E-state index >= 15 is 0 Å². The summed E-state index contributed by atoms with van der Waals surface area (Å²) in [7, 11) is 0. The topological polar surface area (TPSA) is 92.7 Å². The second-order valence-electron chi connectivity index (χ2n) is 5.38. The van der Waals surface area contributed by atoms with Crippen molar-refractivity contribution in [3.05, 3.63) is 39.9 Å². The molecule has 1 fully saturated rings. The number of piperazine rings is 1. The highest BCUT2D eigenvalue weighted by Gasteiger charge is 2.22. The van der Waals surface area contributed by atoms with Crippen molar-refractivity contribution in [3.63, 3.8) is 0 Å². The summed E-state index contributed by atoms with van der Waals surface area (Å²) in [5, 5.41) is 10.6. The van der Waals surface area contributed by atoms with Crippen LogP contribution in [0, 0.1) is 10.1 Å². The third kappa shape index (κ3) is 6.43. The first-order chi connectivity index (χ1) is 11.5. The number of carbonyl (C=O) groups excluding carboxylic acids is 1. The third-order valence-electron chi connectivity index (χ3n) is 3.76. The minimum atomic E-state index is -0.410. The Hall–Kier alpha value is -1.42. The van der Waals surface area contributed by atoms with Crippen LogP contribution in [0.2, 0.25) is 0 Å². The van der Waals surface area contributed by atoms with E-state index in [1.165, 1.54) is 23.9 Å². The summed E-state index contributed by atoms with van der Waals surface area (Å²) in [5.41, 5.74) is 6.49. The Kier molecular flexibility index (Phi) is 9.12. The first-order valence-electron chi connectivity index (χ1n) is 7.64. The number of thioether (sulfide) groups is 1. The smallest absolute Gasteiger partial charge is 0.269 e. The maximum Gasteiger partial charge on any atom is 0.269 e. The van der Waals surface area contributed by atoms with Crippen LogP contribution in [0.3, 0.4) is 0 Å². The lowest BCUT2D eigenvalue weighted by molar-refractivity contribution is -0.384. The first-order valence-corrected chi connectivity index (χ1v) is 9.03. The first kappa shape index (κ1) is 21.6. The number of nitrogens with zero attached hydrogens (tertiary/aromatic N) is 3. The molecule has 0 saturated carbocycles. The van der Waals surface area contributed by atoms with Gasteiger partial charge in [0.1, 0.15) is 4.32 Å². The summed E-state index contributed by atoms with van der Waals surface area (Å²) in [5.74, 6) is 0.768. The van der Waals surface area contributed by atoms with Crippen molar-refractivity contribution in [2.45, 2.75) is 12.2 Å². The number of hydrogen-bond acceptors (Lipinski definition) is 6. The molecule has 1 saturated heterocycles. The number of nitro groups is 1. The van der Waals surface area contributed by atoms with Gasteiger partial charge in [0, 0.05) is 57.0 Å². The monoisotopic (exact) mass is 404 g/mol. The number of thiocarbonyl (C=S) groups is 1. The van der Waals surface area contributed by atoms with E-state index in [9.17, 15) is 14.9 Å². The zero-order valence-corrected chi connectivity index (χ0v) is 16.1. The van der Waals surface area contributed by atoms with E-state index in [4.69, 9.17) is 18.0 Å². The SMILES string of the molecule is Cl.NCCC(=O)N1CCN(C(=S)SCc2ccc([N+](=O)[O-])cc2)CC1. The van der Waals surface area contributed by atoms with Crippen LogP contribution in [0.15, 0.2) is 24.3 Å². The van der Waals surface area contributed by atoms with Crippen molar-refractivity contribution < 1.29 is 9.72 Å². The average molecular weight is 405 g/mol. The van der Waals surface area contributed by atoms with Gasteiger partial charge in [-0.15, -0.1) is 12.4 Å².